The van der Waals surface area contributed by atoms with Gasteiger partial charge in [0.15, 0.2) is 5.79 Å². The molecule has 2 nitrogen and oxygen atoms in total. The Morgan fingerprint density at radius 1 is 1.26 bits per heavy atom. The van der Waals surface area contributed by atoms with E-state index in [4.69, 9.17) is 9.47 Å². The molecule has 0 spiro atoms. The molecular formula is C16H22O2S. The van der Waals surface area contributed by atoms with E-state index in [-0.39, 0.29) is 12.2 Å². The summed E-state index contributed by atoms with van der Waals surface area (Å²) in [6.45, 7) is 7.77. The van der Waals surface area contributed by atoms with Crippen LogP contribution in [0.25, 0.3) is 0 Å². The normalized spacial score (nSPS) is 26.0. The first-order chi connectivity index (χ1) is 9.09. The predicted molar refractivity (Wildman–Crippen MR) is 80.4 cm³/mol. The van der Waals surface area contributed by atoms with Crippen molar-refractivity contribution < 1.29 is 9.47 Å². The minimum atomic E-state index is -0.492. The first-order valence-corrected chi connectivity index (χ1v) is 7.72. The Bertz CT molecular complexity index is 402. The topological polar surface area (TPSA) is 18.5 Å². The lowest BCUT2D eigenvalue weighted by Crippen LogP contribution is -2.45. The molecule has 3 heteroatoms. The molecule has 2 atom stereocenters. The smallest absolute Gasteiger partial charge is 0.163 e. The Morgan fingerprint density at radius 2 is 1.95 bits per heavy atom. The summed E-state index contributed by atoms with van der Waals surface area (Å²) in [5.41, 5.74) is 0. The summed E-state index contributed by atoms with van der Waals surface area (Å²) in [4.78, 5) is 1.29. The van der Waals surface area contributed by atoms with Crippen molar-refractivity contribution in [2.45, 2.75) is 49.6 Å². The van der Waals surface area contributed by atoms with Crippen LogP contribution < -0.4 is 0 Å². The molecule has 0 aliphatic carbocycles. The molecule has 0 aromatic heterocycles. The van der Waals surface area contributed by atoms with Crippen molar-refractivity contribution in [1.29, 1.82) is 0 Å². The van der Waals surface area contributed by atoms with Gasteiger partial charge in [0.2, 0.25) is 0 Å². The van der Waals surface area contributed by atoms with Crippen LogP contribution in [0.4, 0.5) is 0 Å². The van der Waals surface area contributed by atoms with E-state index in [1.54, 1.807) is 0 Å². The van der Waals surface area contributed by atoms with E-state index in [2.05, 4.69) is 30.8 Å². The lowest BCUT2D eigenvalue weighted by atomic mass is 10.1. The molecule has 1 fully saturated rings. The Kier molecular flexibility index (Phi) is 5.08. The lowest BCUT2D eigenvalue weighted by molar-refractivity contribution is -0.294. The van der Waals surface area contributed by atoms with Crippen LogP contribution in [0.15, 0.2) is 47.9 Å². The molecule has 0 N–H and O–H groups in total. The molecule has 1 aromatic rings. The SMILES string of the molecule is C=CC[C@H]1C[C@H](CSc2ccccc2)OC(C)(C)O1. The van der Waals surface area contributed by atoms with Crippen LogP contribution in [0.1, 0.15) is 26.7 Å². The summed E-state index contributed by atoms with van der Waals surface area (Å²) < 4.78 is 11.9. The fraction of sp³-hybridized carbons (Fsp3) is 0.500. The first-order valence-electron chi connectivity index (χ1n) is 6.73. The van der Waals surface area contributed by atoms with Crippen LogP contribution >= 0.6 is 11.8 Å². The fourth-order valence-electron chi connectivity index (χ4n) is 2.36. The van der Waals surface area contributed by atoms with E-state index < -0.39 is 5.79 Å². The highest BCUT2D eigenvalue weighted by molar-refractivity contribution is 7.99. The van der Waals surface area contributed by atoms with Crippen LogP contribution in [0.3, 0.4) is 0 Å². The first kappa shape index (κ1) is 14.6. The van der Waals surface area contributed by atoms with Gasteiger partial charge in [0.25, 0.3) is 0 Å². The molecule has 1 saturated heterocycles. The molecule has 1 heterocycles. The van der Waals surface area contributed by atoms with Crippen molar-refractivity contribution in [3.63, 3.8) is 0 Å². The number of hydrogen-bond donors (Lipinski definition) is 0. The summed E-state index contributed by atoms with van der Waals surface area (Å²) in [6, 6.07) is 10.4. The summed E-state index contributed by atoms with van der Waals surface area (Å²) >= 11 is 1.84. The number of ether oxygens (including phenoxy) is 2. The van der Waals surface area contributed by atoms with Gasteiger partial charge in [-0.3, -0.25) is 0 Å². The summed E-state index contributed by atoms with van der Waals surface area (Å²) in [5.74, 6) is 0.471. The molecule has 1 aliphatic heterocycles. The van der Waals surface area contributed by atoms with Crippen molar-refractivity contribution in [3.8, 4) is 0 Å². The van der Waals surface area contributed by atoms with E-state index >= 15 is 0 Å². The van der Waals surface area contributed by atoms with E-state index in [1.165, 1.54) is 4.90 Å². The molecule has 104 valence electrons. The van der Waals surface area contributed by atoms with Gasteiger partial charge in [-0.05, 0) is 32.4 Å². The predicted octanol–water partition coefficient (Wildman–Crippen LogP) is 4.27. The second-order valence-corrected chi connectivity index (χ2v) is 6.36. The highest BCUT2D eigenvalue weighted by atomic mass is 32.2. The number of hydrogen-bond acceptors (Lipinski definition) is 3. The fourth-order valence-corrected chi connectivity index (χ4v) is 3.29. The maximum absolute atomic E-state index is 5.99. The zero-order valence-electron chi connectivity index (χ0n) is 11.7. The van der Waals surface area contributed by atoms with Gasteiger partial charge < -0.3 is 9.47 Å². The molecule has 2 rings (SSSR count). The standard InChI is InChI=1S/C16H22O2S/c1-4-8-13-11-14(18-16(2,3)17-13)12-19-15-9-6-5-7-10-15/h4-7,9-10,13-14H,1,8,11-12H2,2-3H3/t13-,14+/m0/s1. The Labute approximate surface area is 120 Å². The molecule has 0 unspecified atom stereocenters. The highest BCUT2D eigenvalue weighted by Crippen LogP contribution is 2.31. The average Bonchev–Trinajstić information content (AvgIpc) is 2.36. The molecule has 0 amide bonds. The average molecular weight is 278 g/mol. The molecule has 19 heavy (non-hydrogen) atoms. The monoisotopic (exact) mass is 278 g/mol. The van der Waals surface area contributed by atoms with Gasteiger partial charge in [-0.2, -0.15) is 0 Å². The number of rotatable bonds is 5. The molecule has 0 radical (unpaired) electrons. The van der Waals surface area contributed by atoms with E-state index in [1.807, 2.05) is 37.8 Å². The molecule has 0 saturated carbocycles. The number of thioether (sulfide) groups is 1. The van der Waals surface area contributed by atoms with Gasteiger partial charge in [0, 0.05) is 17.1 Å². The van der Waals surface area contributed by atoms with Gasteiger partial charge in [-0.1, -0.05) is 24.3 Å². The molecule has 1 aliphatic rings. The maximum Gasteiger partial charge on any atom is 0.163 e. The van der Waals surface area contributed by atoms with Crippen LogP contribution in [-0.2, 0) is 9.47 Å². The Balaban J connectivity index is 1.90. The second-order valence-electron chi connectivity index (χ2n) is 5.26. The van der Waals surface area contributed by atoms with E-state index in [0.717, 1.165) is 18.6 Å². The summed E-state index contributed by atoms with van der Waals surface area (Å²) in [5, 5.41) is 0. The highest BCUT2D eigenvalue weighted by Gasteiger charge is 2.34. The van der Waals surface area contributed by atoms with E-state index in [9.17, 15) is 0 Å². The van der Waals surface area contributed by atoms with Crippen LogP contribution in [-0.4, -0.2) is 23.7 Å². The van der Waals surface area contributed by atoms with Crippen LogP contribution in [0.5, 0.6) is 0 Å². The summed E-state index contributed by atoms with van der Waals surface area (Å²) in [7, 11) is 0. The minimum absolute atomic E-state index is 0.225. The van der Waals surface area contributed by atoms with Gasteiger partial charge in [-0.15, -0.1) is 18.3 Å². The zero-order chi connectivity index (χ0) is 13.7. The maximum atomic E-state index is 5.99. The van der Waals surface area contributed by atoms with Crippen molar-refractivity contribution in [3.05, 3.63) is 43.0 Å². The van der Waals surface area contributed by atoms with Crippen LogP contribution in [0.2, 0.25) is 0 Å². The number of benzene rings is 1. The third-order valence-electron chi connectivity index (χ3n) is 3.04. The third kappa shape index (κ3) is 4.68. The Hall–Kier alpha value is -0.770. The van der Waals surface area contributed by atoms with Crippen molar-refractivity contribution in [2.24, 2.45) is 0 Å². The van der Waals surface area contributed by atoms with Gasteiger partial charge in [-0.25, -0.2) is 0 Å². The van der Waals surface area contributed by atoms with Crippen LogP contribution in [0, 0.1) is 0 Å². The third-order valence-corrected chi connectivity index (χ3v) is 4.18. The Morgan fingerprint density at radius 3 is 2.63 bits per heavy atom. The van der Waals surface area contributed by atoms with Gasteiger partial charge >= 0.3 is 0 Å². The largest absolute Gasteiger partial charge is 0.347 e. The van der Waals surface area contributed by atoms with Gasteiger partial charge in [0.1, 0.15) is 0 Å². The molecule has 1 aromatic carbocycles. The zero-order valence-corrected chi connectivity index (χ0v) is 12.5. The molecule has 0 bridgehead atoms. The molecular weight excluding hydrogens is 256 g/mol. The quantitative estimate of drug-likeness (QED) is 0.592. The lowest BCUT2D eigenvalue weighted by Gasteiger charge is -2.40. The van der Waals surface area contributed by atoms with Crippen molar-refractivity contribution in [1.82, 2.24) is 0 Å². The van der Waals surface area contributed by atoms with Gasteiger partial charge in [0.05, 0.1) is 12.2 Å². The van der Waals surface area contributed by atoms with E-state index in [0.29, 0.717) is 0 Å². The van der Waals surface area contributed by atoms with Crippen molar-refractivity contribution >= 4 is 11.8 Å². The second kappa shape index (κ2) is 6.60. The summed E-state index contributed by atoms with van der Waals surface area (Å²) in [6.07, 6.45) is 4.21. The van der Waals surface area contributed by atoms with Crippen molar-refractivity contribution in [2.75, 3.05) is 5.75 Å². The minimum Gasteiger partial charge on any atom is -0.347 e.